The third-order valence-corrected chi connectivity index (χ3v) is 17.4. The number of carbonyl (C=O) groups is 3. The molecule has 0 amide bonds. The normalized spacial score (nSPS) is 12.5. The minimum atomic E-state index is -1.50. The molecule has 0 aromatic rings. The van der Waals surface area contributed by atoms with Crippen LogP contribution in [0.5, 0.6) is 0 Å². The van der Waals surface area contributed by atoms with Crippen molar-refractivity contribution < 1.29 is 42.9 Å². The van der Waals surface area contributed by atoms with E-state index >= 15 is 0 Å². The van der Waals surface area contributed by atoms with E-state index in [0.717, 1.165) is 38.5 Å². The van der Waals surface area contributed by atoms with E-state index in [2.05, 4.69) is 13.8 Å². The molecule has 0 radical (unpaired) electrons. The van der Waals surface area contributed by atoms with E-state index in [9.17, 15) is 19.5 Å². The lowest BCUT2D eigenvalue weighted by Gasteiger charge is -2.25. The summed E-state index contributed by atoms with van der Waals surface area (Å²) in [6, 6.07) is 0. The molecule has 0 spiro atoms. The zero-order chi connectivity index (χ0) is 60.5. The molecule has 0 rings (SSSR count). The first-order valence-electron chi connectivity index (χ1n) is 37.2. The minimum absolute atomic E-state index is 0.172. The number of hydrogen-bond donors (Lipinski definition) is 1. The van der Waals surface area contributed by atoms with Crippen LogP contribution in [0.1, 0.15) is 399 Å². The number of quaternary nitrogens is 1. The Bertz CT molecular complexity index is 1320. The molecule has 0 heterocycles. The van der Waals surface area contributed by atoms with E-state index in [0.29, 0.717) is 17.4 Å². The molecule has 0 aliphatic heterocycles. The van der Waals surface area contributed by atoms with Crippen molar-refractivity contribution in [2.45, 2.75) is 411 Å². The topological polar surface area (TPSA) is 108 Å². The van der Waals surface area contributed by atoms with Crippen molar-refractivity contribution in [1.29, 1.82) is 0 Å². The number of hydrogen-bond acceptors (Lipinski definition) is 7. The molecule has 0 saturated carbocycles. The predicted molar refractivity (Wildman–Crippen MR) is 355 cm³/mol. The maximum absolute atomic E-state index is 12.9. The van der Waals surface area contributed by atoms with Gasteiger partial charge >= 0.3 is 17.9 Å². The van der Waals surface area contributed by atoms with Gasteiger partial charge in [-0.05, 0) is 12.8 Å². The van der Waals surface area contributed by atoms with Gasteiger partial charge in [0.2, 0.25) is 0 Å². The number of carboxylic acid groups (broad SMARTS) is 1. The molecular formula is C74H146NO8+. The number of nitrogens with zero attached hydrogens (tertiary/aromatic N) is 1. The molecule has 1 N–H and O–H groups in total. The zero-order valence-corrected chi connectivity index (χ0v) is 56.7. The smallest absolute Gasteiger partial charge is 0.361 e. The second kappa shape index (κ2) is 66.2. The van der Waals surface area contributed by atoms with Crippen molar-refractivity contribution in [1.82, 2.24) is 0 Å². The molecule has 0 aliphatic rings. The summed E-state index contributed by atoms with van der Waals surface area (Å²) in [5.41, 5.74) is 0. The van der Waals surface area contributed by atoms with Gasteiger partial charge in [0.05, 0.1) is 34.4 Å². The number of aliphatic carboxylic acids is 1. The lowest BCUT2D eigenvalue weighted by atomic mass is 10.0. The van der Waals surface area contributed by atoms with E-state index < -0.39 is 18.4 Å². The van der Waals surface area contributed by atoms with Gasteiger partial charge in [0.1, 0.15) is 13.2 Å². The second-order valence-corrected chi connectivity index (χ2v) is 27.0. The number of unbranched alkanes of at least 4 members (excludes halogenated alkanes) is 56. The van der Waals surface area contributed by atoms with Crippen LogP contribution in [0.3, 0.4) is 0 Å². The van der Waals surface area contributed by atoms with Gasteiger partial charge in [-0.25, -0.2) is 4.79 Å². The van der Waals surface area contributed by atoms with Gasteiger partial charge in [0.15, 0.2) is 6.10 Å². The summed E-state index contributed by atoms with van der Waals surface area (Å²) in [5, 5.41) is 9.74. The summed E-state index contributed by atoms with van der Waals surface area (Å²) in [6.07, 6.45) is 76.8. The zero-order valence-electron chi connectivity index (χ0n) is 56.7. The van der Waals surface area contributed by atoms with Gasteiger partial charge in [0.25, 0.3) is 6.29 Å². The van der Waals surface area contributed by atoms with Crippen LogP contribution in [0.2, 0.25) is 0 Å². The van der Waals surface area contributed by atoms with Crippen molar-refractivity contribution in [2.75, 3.05) is 47.5 Å². The van der Waals surface area contributed by atoms with Crippen LogP contribution in [0, 0.1) is 0 Å². The van der Waals surface area contributed by atoms with Crippen LogP contribution >= 0.6 is 0 Å². The van der Waals surface area contributed by atoms with Crippen LogP contribution in [-0.4, -0.2) is 87.4 Å². The number of ether oxygens (including phenoxy) is 4. The van der Waals surface area contributed by atoms with Gasteiger partial charge in [-0.3, -0.25) is 9.59 Å². The number of rotatable bonds is 71. The van der Waals surface area contributed by atoms with Crippen LogP contribution in [0.15, 0.2) is 0 Å². The van der Waals surface area contributed by atoms with Crippen molar-refractivity contribution in [3.05, 3.63) is 0 Å². The predicted octanol–water partition coefficient (Wildman–Crippen LogP) is 23.0. The third-order valence-electron chi connectivity index (χ3n) is 17.4. The first kappa shape index (κ1) is 81.3. The SMILES string of the molecule is CCCCCCCCCCCCCCCCCCCCCCCCCCCCCCCCCCCCCCCCC(=O)OC(COC(=O)CCCCCCCCCCCCCCCCCCCCCC)COC(OCC[N+](C)(C)C)C(=O)O. The molecule has 0 aromatic carbocycles. The van der Waals surface area contributed by atoms with Crippen LogP contribution in [0.25, 0.3) is 0 Å². The summed E-state index contributed by atoms with van der Waals surface area (Å²) in [7, 11) is 6.00. The molecule has 0 aliphatic carbocycles. The number of likely N-dealkylation sites (N-methyl/N-ethyl adjacent to an activating group) is 1. The van der Waals surface area contributed by atoms with Gasteiger partial charge in [-0.1, -0.05) is 373 Å². The van der Waals surface area contributed by atoms with Crippen LogP contribution in [0.4, 0.5) is 0 Å². The highest BCUT2D eigenvalue weighted by molar-refractivity contribution is 5.71. The maximum atomic E-state index is 12.9. The Hall–Kier alpha value is -1.71. The highest BCUT2D eigenvalue weighted by atomic mass is 16.7. The van der Waals surface area contributed by atoms with E-state index in [1.165, 1.54) is 334 Å². The van der Waals surface area contributed by atoms with Crippen molar-refractivity contribution >= 4 is 17.9 Å². The van der Waals surface area contributed by atoms with Gasteiger partial charge in [-0.2, -0.15) is 0 Å². The Labute approximate surface area is 517 Å². The molecule has 83 heavy (non-hydrogen) atoms. The summed E-state index contributed by atoms with van der Waals surface area (Å²) >= 11 is 0. The standard InChI is InChI=1S/C74H145NO8/c1-6-8-10-12-14-16-18-20-22-24-26-28-29-30-31-32-33-34-35-36-37-38-39-40-41-42-43-44-45-47-49-51-53-55-57-59-61-63-65-72(77)83-70(69-82-74(73(78)79)80-67-66-75(3,4)5)68-81-71(76)64-62-60-58-56-54-52-50-48-46-27-25-23-21-19-17-15-13-11-9-7-2/h70,74H,6-69H2,1-5H3/p+1. The van der Waals surface area contributed by atoms with Gasteiger partial charge in [0, 0.05) is 12.8 Å². The molecular weight excluding hydrogens is 1030 g/mol. The molecule has 9 heteroatoms. The Balaban J connectivity index is 3.93. The third kappa shape index (κ3) is 67.7. The average Bonchev–Trinajstić information content (AvgIpc) is 3.46. The highest BCUT2D eigenvalue weighted by Gasteiger charge is 2.25. The van der Waals surface area contributed by atoms with Crippen molar-refractivity contribution in [2.24, 2.45) is 0 Å². The largest absolute Gasteiger partial charge is 0.477 e. The Morgan fingerprint density at radius 3 is 0.771 bits per heavy atom. The maximum Gasteiger partial charge on any atom is 0.361 e. The molecule has 0 saturated heterocycles. The Morgan fingerprint density at radius 2 is 0.542 bits per heavy atom. The first-order valence-corrected chi connectivity index (χ1v) is 37.2. The number of carbonyl (C=O) groups excluding carboxylic acids is 2. The Kier molecular flexibility index (Phi) is 64.9. The van der Waals surface area contributed by atoms with Crippen LogP contribution < -0.4 is 0 Å². The fourth-order valence-corrected chi connectivity index (χ4v) is 11.7. The Morgan fingerprint density at radius 1 is 0.313 bits per heavy atom. The molecule has 0 fully saturated rings. The molecule has 9 nitrogen and oxygen atoms in total. The molecule has 0 aromatic heterocycles. The van der Waals surface area contributed by atoms with E-state index in [4.69, 9.17) is 18.9 Å². The average molecular weight is 1180 g/mol. The first-order chi connectivity index (χ1) is 40.6. The summed E-state index contributed by atoms with van der Waals surface area (Å²) in [4.78, 5) is 37.6. The molecule has 0 bridgehead atoms. The fraction of sp³-hybridized carbons (Fsp3) is 0.959. The number of carboxylic acids is 1. The summed E-state index contributed by atoms with van der Waals surface area (Å²) < 4.78 is 23.0. The van der Waals surface area contributed by atoms with Gasteiger partial charge in [-0.15, -0.1) is 0 Å². The highest BCUT2D eigenvalue weighted by Crippen LogP contribution is 2.20. The van der Waals surface area contributed by atoms with Crippen molar-refractivity contribution in [3.63, 3.8) is 0 Å². The molecule has 2 atom stereocenters. The van der Waals surface area contributed by atoms with Crippen LogP contribution in [-0.2, 0) is 33.3 Å². The monoisotopic (exact) mass is 1180 g/mol. The minimum Gasteiger partial charge on any atom is -0.477 e. The lowest BCUT2D eigenvalue weighted by Crippen LogP contribution is -2.40. The van der Waals surface area contributed by atoms with E-state index in [1.807, 2.05) is 21.1 Å². The van der Waals surface area contributed by atoms with E-state index in [-0.39, 0.29) is 38.2 Å². The van der Waals surface area contributed by atoms with E-state index in [1.54, 1.807) is 0 Å². The number of esters is 2. The fourth-order valence-electron chi connectivity index (χ4n) is 11.7. The lowest BCUT2D eigenvalue weighted by molar-refractivity contribution is -0.870. The molecule has 2 unspecified atom stereocenters. The quantitative estimate of drug-likeness (QED) is 0.0278. The van der Waals surface area contributed by atoms with Gasteiger partial charge < -0.3 is 28.5 Å². The van der Waals surface area contributed by atoms with Crippen molar-refractivity contribution in [3.8, 4) is 0 Å². The summed E-state index contributed by atoms with van der Waals surface area (Å²) in [5.74, 6) is -1.97. The molecule has 494 valence electrons. The summed E-state index contributed by atoms with van der Waals surface area (Å²) in [6.45, 7) is 4.97. The second-order valence-electron chi connectivity index (χ2n) is 27.0.